The summed E-state index contributed by atoms with van der Waals surface area (Å²) in [5.41, 5.74) is 0. The first kappa shape index (κ1) is 11.6. The zero-order valence-electron chi connectivity index (χ0n) is 7.41. The van der Waals surface area contributed by atoms with Gasteiger partial charge in [0, 0.05) is 6.42 Å². The number of aliphatic hydroxyl groups is 2. The summed E-state index contributed by atoms with van der Waals surface area (Å²) in [6, 6.07) is 0. The molecule has 0 aromatic rings. The molecule has 0 atom stereocenters. The Morgan fingerprint density at radius 2 is 1.58 bits per heavy atom. The Kier molecular flexibility index (Phi) is 8.39. The summed E-state index contributed by atoms with van der Waals surface area (Å²) >= 11 is 0. The fourth-order valence-corrected chi connectivity index (χ4v) is 1.08. The van der Waals surface area contributed by atoms with Crippen LogP contribution in [0.15, 0.2) is 0 Å². The van der Waals surface area contributed by atoms with Gasteiger partial charge in [-0.25, -0.2) is 0 Å². The predicted molar refractivity (Wildman–Crippen MR) is 46.6 cm³/mol. The Bertz CT molecular complexity index is 102. The summed E-state index contributed by atoms with van der Waals surface area (Å²) in [7, 11) is 0. The fraction of sp³-hybridized carbons (Fsp3) is 0.889. The normalized spacial score (nSPS) is 10.6. The van der Waals surface area contributed by atoms with E-state index in [-0.39, 0.29) is 0 Å². The van der Waals surface area contributed by atoms with Gasteiger partial charge in [-0.15, -0.1) is 0 Å². The van der Waals surface area contributed by atoms with Crippen LogP contribution < -0.4 is 0 Å². The van der Waals surface area contributed by atoms with Crippen LogP contribution in [0.5, 0.6) is 0 Å². The summed E-state index contributed by atoms with van der Waals surface area (Å²) < 4.78 is 0. The molecule has 0 radical (unpaired) electrons. The highest BCUT2D eigenvalue weighted by Crippen LogP contribution is 2.07. The summed E-state index contributed by atoms with van der Waals surface area (Å²) in [5.74, 6) is 0. The van der Waals surface area contributed by atoms with Crippen LogP contribution in [0.3, 0.4) is 0 Å². The molecule has 0 aliphatic rings. The second-order valence-corrected chi connectivity index (χ2v) is 2.99. The summed E-state index contributed by atoms with van der Waals surface area (Å²) in [6.45, 7) is 0. The van der Waals surface area contributed by atoms with Crippen molar-refractivity contribution in [2.24, 2.45) is 0 Å². The van der Waals surface area contributed by atoms with Crippen LogP contribution in [0.25, 0.3) is 0 Å². The molecule has 0 amide bonds. The van der Waals surface area contributed by atoms with E-state index in [9.17, 15) is 4.79 Å². The summed E-state index contributed by atoms with van der Waals surface area (Å²) in [4.78, 5) is 9.92. The van der Waals surface area contributed by atoms with Gasteiger partial charge in [-0.1, -0.05) is 19.3 Å². The third-order valence-electron chi connectivity index (χ3n) is 1.78. The Hall–Kier alpha value is -0.410. The monoisotopic (exact) mass is 174 g/mol. The molecule has 0 aromatic heterocycles. The lowest BCUT2D eigenvalue weighted by molar-refractivity contribution is -0.107. The van der Waals surface area contributed by atoms with Gasteiger partial charge in [0.05, 0.1) is 0 Å². The van der Waals surface area contributed by atoms with Gasteiger partial charge in [0.15, 0.2) is 6.29 Å². The van der Waals surface area contributed by atoms with E-state index in [0.717, 1.165) is 38.4 Å². The van der Waals surface area contributed by atoms with Crippen LogP contribution in [0.2, 0.25) is 0 Å². The number of carbonyl (C=O) groups excluding carboxylic acids is 1. The Morgan fingerprint density at radius 3 is 2.17 bits per heavy atom. The summed E-state index contributed by atoms with van der Waals surface area (Å²) in [6.07, 6.45) is 5.91. The highest BCUT2D eigenvalue weighted by molar-refractivity contribution is 5.48. The SMILES string of the molecule is O=CCCCCCCCC(O)O. The van der Waals surface area contributed by atoms with Gasteiger partial charge in [-0.05, 0) is 19.3 Å². The van der Waals surface area contributed by atoms with Crippen LogP contribution in [0.4, 0.5) is 0 Å². The van der Waals surface area contributed by atoms with Crippen LogP contribution in [0, 0.1) is 0 Å². The number of rotatable bonds is 8. The molecule has 0 unspecified atom stereocenters. The molecular weight excluding hydrogens is 156 g/mol. The lowest BCUT2D eigenvalue weighted by Crippen LogP contribution is -2.02. The molecule has 0 heterocycles. The second-order valence-electron chi connectivity index (χ2n) is 2.99. The van der Waals surface area contributed by atoms with Crippen molar-refractivity contribution < 1.29 is 15.0 Å². The first-order valence-electron chi connectivity index (χ1n) is 4.57. The van der Waals surface area contributed by atoms with E-state index < -0.39 is 6.29 Å². The van der Waals surface area contributed by atoms with Crippen LogP contribution in [-0.2, 0) is 4.79 Å². The Labute approximate surface area is 73.4 Å². The Balaban J connectivity index is 2.86. The van der Waals surface area contributed by atoms with E-state index in [1.165, 1.54) is 0 Å². The highest BCUT2D eigenvalue weighted by atomic mass is 16.5. The maximum atomic E-state index is 9.92. The largest absolute Gasteiger partial charge is 0.368 e. The van der Waals surface area contributed by atoms with E-state index in [0.29, 0.717) is 12.8 Å². The Morgan fingerprint density at radius 1 is 1.00 bits per heavy atom. The van der Waals surface area contributed by atoms with Crippen LogP contribution in [-0.4, -0.2) is 22.8 Å². The molecule has 0 bridgehead atoms. The fourth-order valence-electron chi connectivity index (χ4n) is 1.08. The van der Waals surface area contributed by atoms with Crippen LogP contribution in [0.1, 0.15) is 44.9 Å². The van der Waals surface area contributed by atoms with Crippen molar-refractivity contribution in [2.75, 3.05) is 0 Å². The highest BCUT2D eigenvalue weighted by Gasteiger charge is 1.96. The van der Waals surface area contributed by atoms with Crippen molar-refractivity contribution in [3.05, 3.63) is 0 Å². The molecule has 12 heavy (non-hydrogen) atoms. The minimum Gasteiger partial charge on any atom is -0.368 e. The zero-order valence-corrected chi connectivity index (χ0v) is 7.41. The quantitative estimate of drug-likeness (QED) is 0.330. The van der Waals surface area contributed by atoms with Crippen molar-refractivity contribution in [3.63, 3.8) is 0 Å². The average molecular weight is 174 g/mol. The first-order valence-corrected chi connectivity index (χ1v) is 4.57. The van der Waals surface area contributed by atoms with E-state index in [1.807, 2.05) is 0 Å². The minimum atomic E-state index is -1.15. The average Bonchev–Trinajstić information content (AvgIpc) is 2.02. The minimum absolute atomic E-state index is 0.466. The molecule has 2 N–H and O–H groups in total. The molecule has 0 aliphatic heterocycles. The number of aliphatic hydroxyl groups excluding tert-OH is 1. The molecule has 0 rings (SSSR count). The van der Waals surface area contributed by atoms with Gasteiger partial charge in [0.1, 0.15) is 6.29 Å². The van der Waals surface area contributed by atoms with E-state index in [1.54, 1.807) is 0 Å². The van der Waals surface area contributed by atoms with Gasteiger partial charge in [0.25, 0.3) is 0 Å². The molecule has 0 aromatic carbocycles. The standard InChI is InChI=1S/C9H18O3/c10-8-6-4-2-1-3-5-7-9(11)12/h8-9,11-12H,1-7H2. The molecule has 0 fully saturated rings. The van der Waals surface area contributed by atoms with Gasteiger partial charge < -0.3 is 15.0 Å². The molecule has 72 valence electrons. The van der Waals surface area contributed by atoms with Crippen molar-refractivity contribution >= 4 is 6.29 Å². The maximum Gasteiger partial charge on any atom is 0.151 e. The third-order valence-corrected chi connectivity index (χ3v) is 1.78. The zero-order chi connectivity index (χ0) is 9.23. The number of unbranched alkanes of at least 4 members (excludes halogenated alkanes) is 5. The van der Waals surface area contributed by atoms with E-state index in [4.69, 9.17) is 10.2 Å². The van der Waals surface area contributed by atoms with Crippen molar-refractivity contribution in [1.82, 2.24) is 0 Å². The van der Waals surface area contributed by atoms with Gasteiger partial charge >= 0.3 is 0 Å². The molecule has 0 saturated heterocycles. The van der Waals surface area contributed by atoms with E-state index >= 15 is 0 Å². The number of aldehydes is 1. The maximum absolute atomic E-state index is 9.92. The first-order chi connectivity index (χ1) is 5.77. The molecule has 0 saturated carbocycles. The second kappa shape index (κ2) is 8.68. The van der Waals surface area contributed by atoms with Crippen molar-refractivity contribution in [2.45, 2.75) is 51.2 Å². The topological polar surface area (TPSA) is 57.5 Å². The molecule has 3 heteroatoms. The number of carbonyl (C=O) groups is 1. The predicted octanol–water partition coefficient (Wildman–Crippen LogP) is 1.23. The summed E-state index contributed by atoms with van der Waals surface area (Å²) in [5, 5.41) is 17.0. The molecule has 3 nitrogen and oxygen atoms in total. The van der Waals surface area contributed by atoms with Gasteiger partial charge in [-0.3, -0.25) is 0 Å². The van der Waals surface area contributed by atoms with Crippen LogP contribution >= 0.6 is 0 Å². The third kappa shape index (κ3) is 9.59. The lowest BCUT2D eigenvalue weighted by Gasteiger charge is -2.02. The van der Waals surface area contributed by atoms with Gasteiger partial charge in [-0.2, -0.15) is 0 Å². The lowest BCUT2D eigenvalue weighted by atomic mass is 10.1. The molecular formula is C9H18O3. The number of hydrogen-bond donors (Lipinski definition) is 2. The van der Waals surface area contributed by atoms with Gasteiger partial charge in [0.2, 0.25) is 0 Å². The molecule has 0 aliphatic carbocycles. The van der Waals surface area contributed by atoms with Crippen molar-refractivity contribution in [1.29, 1.82) is 0 Å². The van der Waals surface area contributed by atoms with Crippen molar-refractivity contribution in [3.8, 4) is 0 Å². The van der Waals surface area contributed by atoms with E-state index in [2.05, 4.69) is 0 Å². The number of hydrogen-bond acceptors (Lipinski definition) is 3. The molecule has 0 spiro atoms. The smallest absolute Gasteiger partial charge is 0.151 e.